The van der Waals surface area contributed by atoms with Gasteiger partial charge < -0.3 is 19.2 Å². The smallest absolute Gasteiger partial charge is 0.261 e. The minimum absolute atomic E-state index is 0.210. The summed E-state index contributed by atoms with van der Waals surface area (Å²) in [5.74, 6) is 1.73. The number of nitrogens with one attached hydrogen (secondary N) is 2. The molecule has 4 heterocycles. The Hall–Kier alpha value is -3.16. The Morgan fingerprint density at radius 1 is 1.08 bits per heavy atom. The Bertz CT molecular complexity index is 1130. The predicted octanol–water partition coefficient (Wildman–Crippen LogP) is 3.41. The van der Waals surface area contributed by atoms with Crippen LogP contribution in [0.4, 0.5) is 0 Å². The van der Waals surface area contributed by atoms with Gasteiger partial charge in [0.1, 0.15) is 34.3 Å². The first kappa shape index (κ1) is 17.7. The molecule has 0 aliphatic carbocycles. The van der Waals surface area contributed by atoms with Crippen LogP contribution in [0.5, 0.6) is 5.75 Å². The molecule has 0 amide bonds. The lowest BCUT2D eigenvalue weighted by atomic mass is 10.1. The first-order chi connectivity index (χ1) is 12.5. The number of nitrogens with zero attached hydrogens (tertiary/aromatic N) is 3. The van der Waals surface area contributed by atoms with Crippen LogP contribution in [0.1, 0.15) is 31.1 Å². The van der Waals surface area contributed by atoms with Gasteiger partial charge >= 0.3 is 0 Å². The molecule has 0 saturated heterocycles. The molecule has 8 nitrogen and oxygen atoms in total. The molecule has 4 aromatic heterocycles. The standard InChI is InChI=1S/C16H15N5O3.C2H6/c1-6-11(7(2)24-21-6)13-10(23-4)5-9-12-15(20-14(9)19-13)17-8(3)18-16(12)22;1-2/h5H,1-4H3,(H2,17,18,19,20,22);1-2H3. The fourth-order valence-corrected chi connectivity index (χ4v) is 2.97. The molecule has 0 atom stereocenters. The summed E-state index contributed by atoms with van der Waals surface area (Å²) >= 11 is 0. The van der Waals surface area contributed by atoms with Crippen molar-refractivity contribution in [2.75, 3.05) is 7.11 Å². The Morgan fingerprint density at radius 2 is 1.81 bits per heavy atom. The number of ether oxygens (including phenoxy) is 1. The molecule has 0 fully saturated rings. The van der Waals surface area contributed by atoms with Gasteiger partial charge in [-0.15, -0.1) is 0 Å². The highest BCUT2D eigenvalue weighted by Gasteiger charge is 2.21. The van der Waals surface area contributed by atoms with E-state index >= 15 is 0 Å². The van der Waals surface area contributed by atoms with Crippen molar-refractivity contribution in [3.63, 3.8) is 0 Å². The van der Waals surface area contributed by atoms with Gasteiger partial charge in [-0.25, -0.2) is 9.97 Å². The number of H-pyrrole nitrogens is 2. The minimum atomic E-state index is -0.210. The van der Waals surface area contributed by atoms with Gasteiger partial charge in [-0.05, 0) is 26.8 Å². The summed E-state index contributed by atoms with van der Waals surface area (Å²) in [6.45, 7) is 9.40. The average molecular weight is 355 g/mol. The van der Waals surface area contributed by atoms with Gasteiger partial charge in [0.25, 0.3) is 5.56 Å². The summed E-state index contributed by atoms with van der Waals surface area (Å²) in [4.78, 5) is 27.1. The first-order valence-corrected chi connectivity index (χ1v) is 8.40. The van der Waals surface area contributed by atoms with E-state index in [1.807, 2.05) is 27.7 Å². The molecule has 4 rings (SSSR count). The normalized spacial score (nSPS) is 10.8. The molecule has 4 aromatic rings. The van der Waals surface area contributed by atoms with E-state index in [-0.39, 0.29) is 5.56 Å². The fourth-order valence-electron chi connectivity index (χ4n) is 2.97. The van der Waals surface area contributed by atoms with Gasteiger partial charge in [-0.3, -0.25) is 4.79 Å². The molecule has 0 aliphatic rings. The van der Waals surface area contributed by atoms with Crippen LogP contribution in [0.2, 0.25) is 0 Å². The van der Waals surface area contributed by atoms with Crippen LogP contribution < -0.4 is 10.3 Å². The van der Waals surface area contributed by atoms with E-state index in [4.69, 9.17) is 9.26 Å². The van der Waals surface area contributed by atoms with Crippen molar-refractivity contribution in [2.24, 2.45) is 0 Å². The van der Waals surface area contributed by atoms with E-state index in [0.717, 1.165) is 11.3 Å². The third-order valence-corrected chi connectivity index (χ3v) is 4.02. The third-order valence-electron chi connectivity index (χ3n) is 4.02. The van der Waals surface area contributed by atoms with Crippen LogP contribution >= 0.6 is 0 Å². The van der Waals surface area contributed by atoms with Crippen molar-refractivity contribution in [1.82, 2.24) is 25.1 Å². The number of pyridine rings is 1. The summed E-state index contributed by atoms with van der Waals surface area (Å²) in [6.07, 6.45) is 0. The molecule has 0 unspecified atom stereocenters. The quantitative estimate of drug-likeness (QED) is 0.570. The highest BCUT2D eigenvalue weighted by molar-refractivity contribution is 6.05. The lowest BCUT2D eigenvalue weighted by Crippen LogP contribution is -2.08. The monoisotopic (exact) mass is 355 g/mol. The summed E-state index contributed by atoms with van der Waals surface area (Å²) in [7, 11) is 1.56. The van der Waals surface area contributed by atoms with Gasteiger partial charge in [0.15, 0.2) is 0 Å². The molecule has 0 radical (unpaired) electrons. The van der Waals surface area contributed by atoms with Gasteiger partial charge in [-0.1, -0.05) is 19.0 Å². The first-order valence-electron chi connectivity index (χ1n) is 8.40. The number of methoxy groups -OCH3 is 1. The number of aromatic amines is 2. The lowest BCUT2D eigenvalue weighted by molar-refractivity contribution is 0.393. The van der Waals surface area contributed by atoms with Crippen molar-refractivity contribution in [3.8, 4) is 17.0 Å². The van der Waals surface area contributed by atoms with E-state index in [1.54, 1.807) is 20.1 Å². The Labute approximate surface area is 149 Å². The van der Waals surface area contributed by atoms with Gasteiger partial charge in [-0.2, -0.15) is 0 Å². The maximum atomic E-state index is 12.3. The highest BCUT2D eigenvalue weighted by Crippen LogP contribution is 2.36. The zero-order valence-electron chi connectivity index (χ0n) is 15.6. The molecule has 0 saturated carbocycles. The van der Waals surface area contributed by atoms with Gasteiger partial charge in [0, 0.05) is 5.39 Å². The van der Waals surface area contributed by atoms with Crippen LogP contribution in [0.15, 0.2) is 15.4 Å². The third kappa shape index (κ3) is 2.63. The molecule has 2 N–H and O–H groups in total. The molecular formula is C18H21N5O3. The topological polar surface area (TPSA) is 110 Å². The van der Waals surface area contributed by atoms with Crippen molar-refractivity contribution >= 4 is 22.1 Å². The summed E-state index contributed by atoms with van der Waals surface area (Å²) in [5.41, 5.74) is 2.96. The SMILES string of the molecule is CC.COc1cc2c(nc1-c1c(C)noc1C)[nH]c1nc(C)[nH]c(=O)c12. The zero-order valence-corrected chi connectivity index (χ0v) is 15.6. The van der Waals surface area contributed by atoms with E-state index in [1.165, 1.54) is 0 Å². The van der Waals surface area contributed by atoms with Crippen molar-refractivity contribution in [2.45, 2.75) is 34.6 Å². The van der Waals surface area contributed by atoms with E-state index in [0.29, 0.717) is 45.1 Å². The van der Waals surface area contributed by atoms with Crippen LogP contribution in [-0.2, 0) is 0 Å². The second-order valence-electron chi connectivity index (χ2n) is 5.63. The largest absolute Gasteiger partial charge is 0.494 e. The molecule has 8 heteroatoms. The van der Waals surface area contributed by atoms with Crippen LogP contribution in [-0.4, -0.2) is 32.2 Å². The molecule has 26 heavy (non-hydrogen) atoms. The summed E-state index contributed by atoms with van der Waals surface area (Å²) in [5, 5.41) is 5.09. The number of hydrogen-bond acceptors (Lipinski definition) is 6. The highest BCUT2D eigenvalue weighted by atomic mass is 16.5. The maximum Gasteiger partial charge on any atom is 0.261 e. The molecule has 136 valence electrons. The molecule has 0 aromatic carbocycles. The number of aromatic nitrogens is 5. The second-order valence-corrected chi connectivity index (χ2v) is 5.63. The van der Waals surface area contributed by atoms with Crippen molar-refractivity contribution in [1.29, 1.82) is 0 Å². The van der Waals surface area contributed by atoms with Crippen LogP contribution in [0, 0.1) is 20.8 Å². The number of hydrogen-bond donors (Lipinski definition) is 2. The fraction of sp³-hybridized carbons (Fsp3) is 0.333. The van der Waals surface area contributed by atoms with Gasteiger partial charge in [0.2, 0.25) is 0 Å². The van der Waals surface area contributed by atoms with Crippen molar-refractivity contribution < 1.29 is 9.26 Å². The molecule has 0 aliphatic heterocycles. The van der Waals surface area contributed by atoms with Gasteiger partial charge in [0.05, 0.1) is 23.8 Å². The Balaban J connectivity index is 0.000000948. The predicted molar refractivity (Wildman–Crippen MR) is 99.6 cm³/mol. The summed E-state index contributed by atoms with van der Waals surface area (Å²) in [6, 6.07) is 1.79. The molecule has 0 bridgehead atoms. The maximum absolute atomic E-state index is 12.3. The van der Waals surface area contributed by atoms with E-state index in [9.17, 15) is 4.79 Å². The molecule has 0 spiro atoms. The second kappa shape index (κ2) is 6.62. The number of fused-ring (bicyclic) bond motifs is 3. The average Bonchev–Trinajstić information content (AvgIpc) is 3.14. The van der Waals surface area contributed by atoms with Crippen LogP contribution in [0.3, 0.4) is 0 Å². The van der Waals surface area contributed by atoms with E-state index in [2.05, 4.69) is 25.1 Å². The summed E-state index contributed by atoms with van der Waals surface area (Å²) < 4.78 is 10.7. The van der Waals surface area contributed by atoms with Crippen molar-refractivity contribution in [3.05, 3.63) is 33.7 Å². The van der Waals surface area contributed by atoms with Crippen LogP contribution in [0.25, 0.3) is 33.3 Å². The Kier molecular flexibility index (Phi) is 4.50. The lowest BCUT2D eigenvalue weighted by Gasteiger charge is -2.07. The van der Waals surface area contributed by atoms with E-state index < -0.39 is 0 Å². The minimum Gasteiger partial charge on any atom is -0.494 e. The molecular weight excluding hydrogens is 334 g/mol. The Morgan fingerprint density at radius 3 is 2.42 bits per heavy atom. The number of aryl methyl sites for hydroxylation is 3. The zero-order chi connectivity index (χ0) is 19.0. The number of rotatable bonds is 2.